The second-order valence-corrected chi connectivity index (χ2v) is 9.32. The number of carbonyl (C=O) groups is 1. The highest BCUT2D eigenvalue weighted by Crippen LogP contribution is 2.21. The zero-order chi connectivity index (χ0) is 19.9. The Balaban J connectivity index is 1.43. The van der Waals surface area contributed by atoms with Gasteiger partial charge in [-0.05, 0) is 19.9 Å². The summed E-state index contributed by atoms with van der Waals surface area (Å²) in [4.78, 5) is 14.5. The third-order valence-electron chi connectivity index (χ3n) is 5.24. The number of carbonyl (C=O) groups excluding carboxylic acids is 1. The maximum absolute atomic E-state index is 13.0. The molecule has 152 valence electrons. The number of H-pyrrole nitrogens is 1. The molecule has 4 rings (SSSR count). The van der Waals surface area contributed by atoms with Crippen molar-refractivity contribution in [1.29, 1.82) is 0 Å². The number of nitrogens with one attached hydrogen (secondary N) is 1. The van der Waals surface area contributed by atoms with Crippen LogP contribution < -0.4 is 0 Å². The predicted molar refractivity (Wildman–Crippen MR) is 104 cm³/mol. The molecule has 28 heavy (non-hydrogen) atoms. The number of ether oxygens (including phenoxy) is 1. The van der Waals surface area contributed by atoms with Crippen molar-refractivity contribution < 1.29 is 17.9 Å². The molecule has 2 aliphatic heterocycles. The van der Waals surface area contributed by atoms with Crippen LogP contribution in [0.2, 0.25) is 0 Å². The molecule has 0 saturated carbocycles. The Morgan fingerprint density at radius 1 is 1.07 bits per heavy atom. The molecule has 0 radical (unpaired) electrons. The summed E-state index contributed by atoms with van der Waals surface area (Å²) in [6.07, 6.45) is -0.260. The van der Waals surface area contributed by atoms with E-state index in [-0.39, 0.29) is 31.2 Å². The molecule has 0 bridgehead atoms. The average Bonchev–Trinajstić information content (AvgIpc) is 3.11. The van der Waals surface area contributed by atoms with Gasteiger partial charge < -0.3 is 9.64 Å². The fourth-order valence-electron chi connectivity index (χ4n) is 3.88. The van der Waals surface area contributed by atoms with Gasteiger partial charge in [0.1, 0.15) is 0 Å². The summed E-state index contributed by atoms with van der Waals surface area (Å²) < 4.78 is 34.6. The Morgan fingerprint density at radius 2 is 1.71 bits per heavy atom. The topological polar surface area (TPSA) is 98.8 Å². The number of aromatic nitrogens is 2. The van der Waals surface area contributed by atoms with Gasteiger partial charge in [0.05, 0.1) is 17.7 Å². The highest BCUT2D eigenvalue weighted by atomic mass is 32.2. The number of morpholine rings is 1. The van der Waals surface area contributed by atoms with E-state index in [0.717, 1.165) is 10.9 Å². The van der Waals surface area contributed by atoms with Crippen LogP contribution in [0.15, 0.2) is 24.3 Å². The van der Waals surface area contributed by atoms with Gasteiger partial charge in [0.2, 0.25) is 0 Å². The van der Waals surface area contributed by atoms with E-state index in [1.54, 1.807) is 4.90 Å². The van der Waals surface area contributed by atoms with Crippen molar-refractivity contribution in [3.8, 4) is 0 Å². The van der Waals surface area contributed by atoms with E-state index in [1.807, 2.05) is 38.1 Å². The average molecular weight is 407 g/mol. The summed E-state index contributed by atoms with van der Waals surface area (Å²) in [5.74, 6) is -0.178. The summed E-state index contributed by atoms with van der Waals surface area (Å²) >= 11 is 0. The molecule has 2 aliphatic rings. The van der Waals surface area contributed by atoms with Gasteiger partial charge in [-0.3, -0.25) is 9.89 Å². The van der Waals surface area contributed by atoms with Gasteiger partial charge in [-0.15, -0.1) is 0 Å². The quantitative estimate of drug-likeness (QED) is 0.807. The number of para-hydroxylation sites is 1. The van der Waals surface area contributed by atoms with E-state index < -0.39 is 10.2 Å². The van der Waals surface area contributed by atoms with Crippen molar-refractivity contribution in [3.05, 3.63) is 30.0 Å². The standard InChI is InChI=1S/C18H25N5O4S/c1-13-11-23(12-14(2)27-13)28(25,26)22-9-7-21(8-10-22)18(24)17-15-5-3-4-6-16(15)19-20-17/h3-6,13-14H,7-12H2,1-2H3,(H,19,20)/t13-,14-/m0/s1. The number of hydrogen-bond donors (Lipinski definition) is 1. The highest BCUT2D eigenvalue weighted by Gasteiger charge is 2.37. The van der Waals surface area contributed by atoms with Crippen LogP contribution in [0.3, 0.4) is 0 Å². The summed E-state index contributed by atoms with van der Waals surface area (Å²) in [5, 5.41) is 7.80. The van der Waals surface area contributed by atoms with E-state index in [4.69, 9.17) is 4.74 Å². The number of hydrogen-bond acceptors (Lipinski definition) is 5. The number of benzene rings is 1. The molecular weight excluding hydrogens is 382 g/mol. The lowest BCUT2D eigenvalue weighted by Crippen LogP contribution is -2.57. The molecule has 10 heteroatoms. The fraction of sp³-hybridized carbons (Fsp3) is 0.556. The molecule has 1 amide bonds. The molecule has 1 N–H and O–H groups in total. The predicted octanol–water partition coefficient (Wildman–Crippen LogP) is 0.675. The highest BCUT2D eigenvalue weighted by molar-refractivity contribution is 7.86. The Kier molecular flexibility index (Phi) is 5.13. The number of amides is 1. The monoisotopic (exact) mass is 407 g/mol. The zero-order valence-electron chi connectivity index (χ0n) is 16.0. The number of fused-ring (bicyclic) bond motifs is 1. The number of aromatic amines is 1. The van der Waals surface area contributed by atoms with Crippen molar-refractivity contribution in [1.82, 2.24) is 23.7 Å². The number of nitrogens with zero attached hydrogens (tertiary/aromatic N) is 4. The van der Waals surface area contributed by atoms with Gasteiger partial charge in [-0.25, -0.2) is 0 Å². The SMILES string of the molecule is C[C@H]1CN(S(=O)(=O)N2CCN(C(=O)c3n[nH]c4ccccc34)CC2)C[C@H](C)O1. The van der Waals surface area contributed by atoms with Gasteiger partial charge in [0, 0.05) is 44.7 Å². The Morgan fingerprint density at radius 3 is 2.39 bits per heavy atom. The van der Waals surface area contributed by atoms with Crippen LogP contribution in [-0.2, 0) is 14.9 Å². The minimum absolute atomic E-state index is 0.130. The summed E-state index contributed by atoms with van der Waals surface area (Å²) in [5.41, 5.74) is 1.19. The molecule has 1 aromatic heterocycles. The Hall–Kier alpha value is -2.01. The van der Waals surface area contributed by atoms with E-state index in [1.165, 1.54) is 8.61 Å². The number of rotatable bonds is 3. The van der Waals surface area contributed by atoms with E-state index in [9.17, 15) is 13.2 Å². The molecule has 2 saturated heterocycles. The zero-order valence-corrected chi connectivity index (χ0v) is 16.9. The molecule has 2 atom stereocenters. The molecule has 2 fully saturated rings. The van der Waals surface area contributed by atoms with Crippen LogP contribution in [0.25, 0.3) is 10.9 Å². The van der Waals surface area contributed by atoms with Crippen LogP contribution in [-0.4, -0.2) is 89.5 Å². The normalized spacial score (nSPS) is 25.3. The first kappa shape index (κ1) is 19.3. The van der Waals surface area contributed by atoms with E-state index in [2.05, 4.69) is 10.2 Å². The Bertz CT molecular complexity index is 957. The first-order valence-corrected chi connectivity index (χ1v) is 10.9. The van der Waals surface area contributed by atoms with Crippen LogP contribution in [0.4, 0.5) is 0 Å². The molecule has 0 aliphatic carbocycles. The summed E-state index contributed by atoms with van der Waals surface area (Å²) in [6.45, 7) is 5.69. The lowest BCUT2D eigenvalue weighted by Gasteiger charge is -2.40. The van der Waals surface area contributed by atoms with Crippen molar-refractivity contribution in [3.63, 3.8) is 0 Å². The first-order valence-electron chi connectivity index (χ1n) is 9.49. The summed E-state index contributed by atoms with van der Waals surface area (Å²) in [6, 6.07) is 7.47. The smallest absolute Gasteiger partial charge is 0.282 e. The van der Waals surface area contributed by atoms with Gasteiger partial charge in [-0.1, -0.05) is 18.2 Å². The van der Waals surface area contributed by atoms with Crippen LogP contribution in [0, 0.1) is 0 Å². The first-order chi connectivity index (χ1) is 13.4. The molecule has 1 aromatic carbocycles. The number of piperazine rings is 1. The van der Waals surface area contributed by atoms with Gasteiger partial charge in [-0.2, -0.15) is 22.1 Å². The maximum Gasteiger partial charge on any atom is 0.282 e. The third kappa shape index (κ3) is 3.52. The molecule has 0 spiro atoms. The van der Waals surface area contributed by atoms with Crippen molar-refractivity contribution in [2.24, 2.45) is 0 Å². The lowest BCUT2D eigenvalue weighted by atomic mass is 10.2. The third-order valence-corrected chi connectivity index (χ3v) is 7.21. The maximum atomic E-state index is 13.0. The fourth-order valence-corrected chi connectivity index (χ4v) is 5.63. The molecule has 9 nitrogen and oxygen atoms in total. The van der Waals surface area contributed by atoms with Crippen molar-refractivity contribution in [2.45, 2.75) is 26.1 Å². The van der Waals surface area contributed by atoms with Gasteiger partial charge in [0.15, 0.2) is 5.69 Å². The van der Waals surface area contributed by atoms with Crippen LogP contribution >= 0.6 is 0 Å². The summed E-state index contributed by atoms with van der Waals surface area (Å²) in [7, 11) is -3.56. The second-order valence-electron chi connectivity index (χ2n) is 7.39. The molecule has 2 aromatic rings. The minimum Gasteiger partial charge on any atom is -0.373 e. The van der Waals surface area contributed by atoms with Gasteiger partial charge in [0.25, 0.3) is 16.1 Å². The molecule has 0 unspecified atom stereocenters. The van der Waals surface area contributed by atoms with Gasteiger partial charge >= 0.3 is 0 Å². The largest absolute Gasteiger partial charge is 0.373 e. The molecule has 3 heterocycles. The van der Waals surface area contributed by atoms with Crippen molar-refractivity contribution in [2.75, 3.05) is 39.3 Å². The van der Waals surface area contributed by atoms with Crippen molar-refractivity contribution >= 4 is 27.0 Å². The van der Waals surface area contributed by atoms with E-state index >= 15 is 0 Å². The van der Waals surface area contributed by atoms with Crippen LogP contribution in [0.5, 0.6) is 0 Å². The van der Waals surface area contributed by atoms with Crippen LogP contribution in [0.1, 0.15) is 24.3 Å². The van der Waals surface area contributed by atoms with E-state index in [0.29, 0.717) is 31.9 Å². The molecular formula is C18H25N5O4S. The Labute approximate surface area is 164 Å². The lowest BCUT2D eigenvalue weighted by molar-refractivity contribution is -0.0457. The minimum atomic E-state index is -3.56. The second kappa shape index (κ2) is 7.43.